The molecular weight excluding hydrogens is 388 g/mol. The minimum absolute atomic E-state index is 0.0403. The molecular formula is C24H48B4N4. The predicted molar refractivity (Wildman–Crippen MR) is 150 cm³/mol. The monoisotopic (exact) mass is 436 g/mol. The van der Waals surface area contributed by atoms with Crippen LogP contribution in [0.15, 0.2) is 50.2 Å². The van der Waals surface area contributed by atoms with Crippen molar-refractivity contribution >= 4 is 27.9 Å². The molecule has 1 fully saturated rings. The van der Waals surface area contributed by atoms with Crippen molar-refractivity contribution in [2.75, 3.05) is 0 Å². The van der Waals surface area contributed by atoms with Crippen molar-refractivity contribution in [2.24, 2.45) is 0 Å². The summed E-state index contributed by atoms with van der Waals surface area (Å²) < 4.78 is 10.2. The predicted octanol–water partition coefficient (Wildman–Crippen LogP) is 5.26. The van der Waals surface area contributed by atoms with Gasteiger partial charge in [-0.25, -0.2) is 0 Å². The maximum atomic E-state index is 4.33. The zero-order valence-corrected chi connectivity index (χ0v) is 23.2. The molecule has 0 atom stereocenters. The molecule has 4 nitrogen and oxygen atoms in total. The van der Waals surface area contributed by atoms with Crippen molar-refractivity contribution in [3.63, 3.8) is 0 Å². The van der Waals surface area contributed by atoms with Crippen LogP contribution >= 0.6 is 0 Å². The summed E-state index contributed by atoms with van der Waals surface area (Å²) >= 11 is 0. The maximum absolute atomic E-state index is 4.33. The molecule has 1 heterocycles. The Morgan fingerprint density at radius 1 is 0.375 bits per heavy atom. The highest BCUT2D eigenvalue weighted by Gasteiger charge is 2.57. The molecule has 32 heavy (non-hydrogen) atoms. The second-order valence-electron chi connectivity index (χ2n) is 12.9. The summed E-state index contributed by atoms with van der Waals surface area (Å²) in [6.07, 6.45) is 0. The molecule has 1 rings (SSSR count). The summed E-state index contributed by atoms with van der Waals surface area (Å²) in [6.45, 7) is 44.4. The molecule has 0 aromatic heterocycles. The van der Waals surface area contributed by atoms with E-state index in [0.29, 0.717) is 0 Å². The Kier molecular flexibility index (Phi) is 8.85. The Labute approximate surface area is 202 Å². The summed E-state index contributed by atoms with van der Waals surface area (Å²) in [6, 6.07) is 0. The van der Waals surface area contributed by atoms with Gasteiger partial charge in [-0.05, 0) is 105 Å². The van der Waals surface area contributed by atoms with Gasteiger partial charge in [0.25, 0.3) is 0 Å². The molecule has 0 aromatic carbocycles. The Balaban J connectivity index is 4.21. The molecule has 176 valence electrons. The van der Waals surface area contributed by atoms with E-state index in [9.17, 15) is 0 Å². The van der Waals surface area contributed by atoms with Crippen LogP contribution in [0, 0.1) is 0 Å². The summed E-state index contributed by atoms with van der Waals surface area (Å²) in [4.78, 5) is 0. The summed E-state index contributed by atoms with van der Waals surface area (Å²) in [5.74, 6) is 8.33. The van der Waals surface area contributed by atoms with E-state index >= 15 is 0 Å². The van der Waals surface area contributed by atoms with E-state index in [1.54, 1.807) is 0 Å². The smallest absolute Gasteiger partial charge is 0.318 e. The van der Waals surface area contributed by atoms with Crippen LogP contribution in [0.4, 0.5) is 0 Å². The highest BCUT2D eigenvalue weighted by atomic mass is 15.4. The fourth-order valence-corrected chi connectivity index (χ4v) is 5.25. The fraction of sp³-hybridized carbons (Fsp3) is 0.667. The van der Waals surface area contributed by atoms with E-state index in [0.717, 1.165) is 0 Å². The van der Waals surface area contributed by atoms with Crippen LogP contribution in [0.5, 0.6) is 0 Å². The Morgan fingerprint density at radius 3 is 0.562 bits per heavy atom. The molecule has 0 saturated carbocycles. The molecule has 0 aromatic rings. The number of nitrogens with zero attached hydrogens (tertiary/aromatic N) is 4. The van der Waals surface area contributed by atoms with Gasteiger partial charge in [0.05, 0.1) is 0 Å². The van der Waals surface area contributed by atoms with Crippen LogP contribution in [0.1, 0.15) is 83.1 Å². The molecule has 1 aliphatic heterocycles. The van der Waals surface area contributed by atoms with E-state index in [-0.39, 0.29) is 50.1 Å². The number of hydrogen-bond acceptors (Lipinski definition) is 4. The van der Waals surface area contributed by atoms with Gasteiger partial charge in [0.2, 0.25) is 0 Å². The van der Waals surface area contributed by atoms with Crippen molar-refractivity contribution in [3.05, 3.63) is 50.2 Å². The van der Waals surface area contributed by atoms with Crippen LogP contribution in [-0.4, -0.2) is 69.0 Å². The molecule has 0 spiro atoms. The summed E-state index contributed by atoms with van der Waals surface area (Å²) in [7, 11) is 0. The first kappa shape index (κ1) is 29.1. The van der Waals surface area contributed by atoms with Crippen LogP contribution < -0.4 is 0 Å². The molecule has 0 amide bonds. The summed E-state index contributed by atoms with van der Waals surface area (Å²) in [5, 5.41) is 0. The second-order valence-corrected chi connectivity index (χ2v) is 12.9. The molecule has 0 radical (unpaired) electrons. The van der Waals surface area contributed by atoms with Gasteiger partial charge in [-0.3, -0.25) is 0 Å². The third-order valence-electron chi connectivity index (χ3n) is 6.22. The third-order valence-corrected chi connectivity index (χ3v) is 6.22. The highest BCUT2D eigenvalue weighted by molar-refractivity contribution is 6.91. The molecule has 1 aliphatic rings. The van der Waals surface area contributed by atoms with Gasteiger partial charge in [0.1, 0.15) is 0 Å². The SMILES string of the molecule is C=CB1N(C(C)(C)C)B(C=C)N(C(C)(C)C)B(C=C)N(C(C)(C)C)B(C=C)N1C(C)(C)C. The van der Waals surface area contributed by atoms with Gasteiger partial charge in [0, 0.05) is 0 Å². The molecule has 0 N–H and O–H groups in total. The van der Waals surface area contributed by atoms with Gasteiger partial charge in [0.15, 0.2) is 0 Å². The Bertz CT molecular complexity index is 561. The standard InChI is InChI=1S/C24H48B4N4/c1-17-25-29(21(5,6)7)26(18-2)31(23(11,12)13)28(20-4)32(24(14,15)16)27(19-3)30(25)22(8,9)10/h17-20H,1-4H2,5-16H3. The third kappa shape index (κ3) is 5.75. The van der Waals surface area contributed by atoms with E-state index in [4.69, 9.17) is 0 Å². The molecule has 0 unspecified atom stereocenters. The highest BCUT2D eigenvalue weighted by Crippen LogP contribution is 2.36. The lowest BCUT2D eigenvalue weighted by Gasteiger charge is -2.62. The normalized spacial score (nSPS) is 19.6. The minimum atomic E-state index is -0.147. The molecule has 0 aliphatic carbocycles. The van der Waals surface area contributed by atoms with Crippen molar-refractivity contribution < 1.29 is 0 Å². The quantitative estimate of drug-likeness (QED) is 0.559. The summed E-state index contributed by atoms with van der Waals surface area (Å²) in [5.41, 5.74) is -0.587. The van der Waals surface area contributed by atoms with Crippen molar-refractivity contribution in [1.82, 2.24) is 18.9 Å². The van der Waals surface area contributed by atoms with Crippen LogP contribution in [0.3, 0.4) is 0 Å². The van der Waals surface area contributed by atoms with Crippen molar-refractivity contribution in [2.45, 2.75) is 105 Å². The second kappa shape index (κ2) is 9.74. The van der Waals surface area contributed by atoms with Gasteiger partial charge < -0.3 is 18.9 Å². The Hall–Kier alpha value is -0.940. The lowest BCUT2D eigenvalue weighted by Crippen LogP contribution is -2.84. The largest absolute Gasteiger partial charge is 0.345 e. The molecule has 0 bridgehead atoms. The van der Waals surface area contributed by atoms with Gasteiger partial charge in [-0.15, -0.1) is 26.3 Å². The molecule has 8 heteroatoms. The van der Waals surface area contributed by atoms with Crippen molar-refractivity contribution in [3.8, 4) is 0 Å². The van der Waals surface area contributed by atoms with Crippen LogP contribution in [0.25, 0.3) is 0 Å². The van der Waals surface area contributed by atoms with E-state index in [1.165, 1.54) is 0 Å². The van der Waals surface area contributed by atoms with Crippen LogP contribution in [0.2, 0.25) is 0 Å². The number of hydrogen-bond donors (Lipinski definition) is 0. The zero-order chi connectivity index (χ0) is 25.4. The maximum Gasteiger partial charge on any atom is 0.318 e. The number of rotatable bonds is 4. The first-order chi connectivity index (χ1) is 14.3. The lowest BCUT2D eigenvalue weighted by molar-refractivity contribution is 0.230. The van der Waals surface area contributed by atoms with E-state index < -0.39 is 0 Å². The topological polar surface area (TPSA) is 13.0 Å². The zero-order valence-electron chi connectivity index (χ0n) is 23.2. The van der Waals surface area contributed by atoms with Crippen molar-refractivity contribution in [1.29, 1.82) is 0 Å². The minimum Gasteiger partial charge on any atom is -0.345 e. The average Bonchev–Trinajstić information content (AvgIpc) is 2.56. The first-order valence-electron chi connectivity index (χ1n) is 11.9. The van der Waals surface area contributed by atoms with Gasteiger partial charge >= 0.3 is 27.9 Å². The van der Waals surface area contributed by atoms with Crippen LogP contribution in [-0.2, 0) is 0 Å². The fourth-order valence-electron chi connectivity index (χ4n) is 5.25. The first-order valence-corrected chi connectivity index (χ1v) is 11.9. The lowest BCUT2D eigenvalue weighted by atomic mass is 9.39. The van der Waals surface area contributed by atoms with Gasteiger partial charge in [-0.2, -0.15) is 0 Å². The van der Waals surface area contributed by atoms with Gasteiger partial charge in [-0.1, -0.05) is 23.9 Å². The van der Waals surface area contributed by atoms with E-state index in [2.05, 4.69) is 152 Å². The van der Waals surface area contributed by atoms with E-state index in [1.807, 2.05) is 0 Å². The molecule has 1 saturated heterocycles. The average molecular weight is 436 g/mol. The Morgan fingerprint density at radius 2 is 0.500 bits per heavy atom.